The van der Waals surface area contributed by atoms with Crippen LogP contribution in [0.2, 0.25) is 0 Å². The SMILES string of the molecule is CCN1CCC(N(C)Cc2ccc(N)cc2Br)CC1. The Hall–Kier alpha value is -0.580. The minimum absolute atomic E-state index is 0.701. The summed E-state index contributed by atoms with van der Waals surface area (Å²) >= 11 is 3.61. The molecule has 1 aromatic carbocycles. The number of halogens is 1. The van der Waals surface area contributed by atoms with Crippen molar-refractivity contribution >= 4 is 21.6 Å². The number of benzene rings is 1. The van der Waals surface area contributed by atoms with Gasteiger partial charge in [0.25, 0.3) is 0 Å². The number of nitrogens with zero attached hydrogens (tertiary/aromatic N) is 2. The molecule has 1 aliphatic heterocycles. The molecule has 3 nitrogen and oxygen atoms in total. The van der Waals surface area contributed by atoms with Crippen molar-refractivity contribution in [2.24, 2.45) is 0 Å². The number of rotatable bonds is 4. The molecule has 0 saturated carbocycles. The minimum atomic E-state index is 0.701. The first-order chi connectivity index (χ1) is 9.10. The molecule has 1 aromatic rings. The first kappa shape index (κ1) is 14.8. The van der Waals surface area contributed by atoms with Gasteiger partial charge in [-0.2, -0.15) is 0 Å². The zero-order valence-electron chi connectivity index (χ0n) is 11.9. The molecule has 0 aliphatic carbocycles. The van der Waals surface area contributed by atoms with Crippen LogP contribution >= 0.6 is 15.9 Å². The van der Waals surface area contributed by atoms with Crippen molar-refractivity contribution in [1.82, 2.24) is 9.80 Å². The van der Waals surface area contributed by atoms with Crippen molar-refractivity contribution in [3.05, 3.63) is 28.2 Å². The summed E-state index contributed by atoms with van der Waals surface area (Å²) < 4.78 is 1.12. The van der Waals surface area contributed by atoms with Gasteiger partial charge in [0.05, 0.1) is 0 Å². The molecule has 0 spiro atoms. The molecule has 1 saturated heterocycles. The highest BCUT2D eigenvalue weighted by atomic mass is 79.9. The molecule has 2 N–H and O–H groups in total. The molecule has 19 heavy (non-hydrogen) atoms. The van der Waals surface area contributed by atoms with Crippen molar-refractivity contribution in [3.63, 3.8) is 0 Å². The van der Waals surface area contributed by atoms with Gasteiger partial charge in [0.1, 0.15) is 0 Å². The molecule has 0 aromatic heterocycles. The topological polar surface area (TPSA) is 32.5 Å². The Kier molecular flexibility index (Phi) is 5.25. The van der Waals surface area contributed by atoms with Gasteiger partial charge in [-0.3, -0.25) is 4.90 Å². The average Bonchev–Trinajstić information content (AvgIpc) is 2.42. The Morgan fingerprint density at radius 2 is 2.05 bits per heavy atom. The number of hydrogen-bond donors (Lipinski definition) is 1. The van der Waals surface area contributed by atoms with Crippen LogP contribution in [0.3, 0.4) is 0 Å². The van der Waals surface area contributed by atoms with Crippen molar-refractivity contribution in [3.8, 4) is 0 Å². The fourth-order valence-electron chi connectivity index (χ4n) is 2.77. The van der Waals surface area contributed by atoms with E-state index < -0.39 is 0 Å². The summed E-state index contributed by atoms with van der Waals surface area (Å²) in [5.41, 5.74) is 7.91. The maximum atomic E-state index is 5.78. The molecule has 1 heterocycles. The van der Waals surface area contributed by atoms with E-state index in [1.807, 2.05) is 12.1 Å². The van der Waals surface area contributed by atoms with Gasteiger partial charge < -0.3 is 10.6 Å². The van der Waals surface area contributed by atoms with Crippen molar-refractivity contribution in [2.75, 3.05) is 32.4 Å². The smallest absolute Gasteiger partial charge is 0.0325 e. The van der Waals surface area contributed by atoms with Crippen LogP contribution in [0, 0.1) is 0 Å². The Labute approximate surface area is 124 Å². The average molecular weight is 326 g/mol. The van der Waals surface area contributed by atoms with Gasteiger partial charge in [0.15, 0.2) is 0 Å². The van der Waals surface area contributed by atoms with Crippen LogP contribution < -0.4 is 5.73 Å². The molecule has 1 fully saturated rings. The molecule has 0 amide bonds. The third-order valence-electron chi connectivity index (χ3n) is 4.12. The Balaban J connectivity index is 1.92. The highest BCUT2D eigenvalue weighted by Gasteiger charge is 2.21. The van der Waals surface area contributed by atoms with E-state index in [-0.39, 0.29) is 0 Å². The molecule has 2 rings (SSSR count). The fraction of sp³-hybridized carbons (Fsp3) is 0.600. The quantitative estimate of drug-likeness (QED) is 0.864. The lowest BCUT2D eigenvalue weighted by molar-refractivity contribution is 0.127. The van der Waals surface area contributed by atoms with Gasteiger partial charge in [-0.1, -0.05) is 28.9 Å². The monoisotopic (exact) mass is 325 g/mol. The molecule has 1 aliphatic rings. The molecule has 4 heteroatoms. The van der Waals surface area contributed by atoms with Gasteiger partial charge in [-0.25, -0.2) is 0 Å². The number of hydrogen-bond acceptors (Lipinski definition) is 3. The molecular weight excluding hydrogens is 302 g/mol. The third-order valence-corrected chi connectivity index (χ3v) is 4.86. The van der Waals surface area contributed by atoms with Crippen molar-refractivity contribution < 1.29 is 0 Å². The van der Waals surface area contributed by atoms with Crippen LogP contribution in [0.4, 0.5) is 5.69 Å². The lowest BCUT2D eigenvalue weighted by atomic mass is 10.0. The lowest BCUT2D eigenvalue weighted by Gasteiger charge is -2.36. The Morgan fingerprint density at radius 1 is 1.37 bits per heavy atom. The lowest BCUT2D eigenvalue weighted by Crippen LogP contribution is -2.42. The molecule has 0 radical (unpaired) electrons. The van der Waals surface area contributed by atoms with Crippen LogP contribution in [0.15, 0.2) is 22.7 Å². The summed E-state index contributed by atoms with van der Waals surface area (Å²) in [6.07, 6.45) is 2.55. The minimum Gasteiger partial charge on any atom is -0.399 e. The van der Waals surface area contributed by atoms with Crippen LogP contribution in [0.1, 0.15) is 25.3 Å². The van der Waals surface area contributed by atoms with Crippen LogP contribution in [0.5, 0.6) is 0 Å². The molecule has 106 valence electrons. The maximum absolute atomic E-state index is 5.78. The van der Waals surface area contributed by atoms with Gasteiger partial charge in [0, 0.05) is 22.7 Å². The molecular formula is C15H24BrN3. The van der Waals surface area contributed by atoms with Crippen molar-refractivity contribution in [2.45, 2.75) is 32.4 Å². The Bertz CT molecular complexity index is 414. The number of likely N-dealkylation sites (tertiary alicyclic amines) is 1. The Morgan fingerprint density at radius 3 is 2.63 bits per heavy atom. The second-order valence-electron chi connectivity index (χ2n) is 5.43. The van der Waals surface area contributed by atoms with E-state index >= 15 is 0 Å². The van der Waals surface area contributed by atoms with Crippen LogP contribution in [-0.2, 0) is 6.54 Å². The second-order valence-corrected chi connectivity index (χ2v) is 6.29. The molecule has 0 bridgehead atoms. The first-order valence-electron chi connectivity index (χ1n) is 7.06. The van der Waals surface area contributed by atoms with Crippen LogP contribution in [0.25, 0.3) is 0 Å². The summed E-state index contributed by atoms with van der Waals surface area (Å²) in [7, 11) is 2.23. The number of nitrogen functional groups attached to an aromatic ring is 1. The highest BCUT2D eigenvalue weighted by Crippen LogP contribution is 2.23. The predicted molar refractivity (Wildman–Crippen MR) is 85.2 cm³/mol. The summed E-state index contributed by atoms with van der Waals surface area (Å²) in [5.74, 6) is 0. The van der Waals surface area contributed by atoms with E-state index in [0.29, 0.717) is 6.04 Å². The third kappa shape index (κ3) is 3.94. The summed E-state index contributed by atoms with van der Waals surface area (Å²) in [6.45, 7) is 6.87. The van der Waals surface area contributed by atoms with Gasteiger partial charge in [-0.05, 0) is 57.2 Å². The largest absolute Gasteiger partial charge is 0.399 e. The van der Waals surface area contributed by atoms with Crippen LogP contribution in [-0.4, -0.2) is 42.5 Å². The molecule has 0 unspecified atom stereocenters. The summed E-state index contributed by atoms with van der Waals surface area (Å²) in [6, 6.07) is 6.79. The normalized spacial score (nSPS) is 18.1. The van der Waals surface area contributed by atoms with E-state index in [9.17, 15) is 0 Å². The highest BCUT2D eigenvalue weighted by molar-refractivity contribution is 9.10. The van der Waals surface area contributed by atoms with E-state index in [2.05, 4.69) is 45.8 Å². The zero-order valence-corrected chi connectivity index (χ0v) is 13.5. The fourth-order valence-corrected chi connectivity index (χ4v) is 3.29. The number of anilines is 1. The van der Waals surface area contributed by atoms with Gasteiger partial charge >= 0.3 is 0 Å². The van der Waals surface area contributed by atoms with Crippen molar-refractivity contribution in [1.29, 1.82) is 0 Å². The molecule has 0 atom stereocenters. The van der Waals surface area contributed by atoms with E-state index in [1.165, 1.54) is 38.0 Å². The summed E-state index contributed by atoms with van der Waals surface area (Å²) in [4.78, 5) is 5.01. The summed E-state index contributed by atoms with van der Waals surface area (Å²) in [5, 5.41) is 0. The van der Waals surface area contributed by atoms with E-state index in [0.717, 1.165) is 16.7 Å². The zero-order chi connectivity index (χ0) is 13.8. The van der Waals surface area contributed by atoms with E-state index in [4.69, 9.17) is 5.73 Å². The number of piperidine rings is 1. The predicted octanol–water partition coefficient (Wildman–Crippen LogP) is 2.95. The number of nitrogens with two attached hydrogens (primary N) is 1. The maximum Gasteiger partial charge on any atom is 0.0325 e. The van der Waals surface area contributed by atoms with Gasteiger partial charge in [0.2, 0.25) is 0 Å². The second kappa shape index (κ2) is 6.73. The van der Waals surface area contributed by atoms with Gasteiger partial charge in [-0.15, -0.1) is 0 Å². The van der Waals surface area contributed by atoms with E-state index in [1.54, 1.807) is 0 Å². The standard InChI is InChI=1S/C15H24BrN3/c1-3-19-8-6-14(7-9-19)18(2)11-12-4-5-13(17)10-15(12)16/h4-5,10,14H,3,6-9,11,17H2,1-2H3. The first-order valence-corrected chi connectivity index (χ1v) is 7.86.